The fraction of sp³-hybridized carbons (Fsp3) is 0.379. The zero-order chi connectivity index (χ0) is 30.6. The normalized spacial score (nSPS) is 17.8. The number of anilines is 1. The van der Waals surface area contributed by atoms with E-state index in [1.54, 1.807) is 41.9 Å². The summed E-state index contributed by atoms with van der Waals surface area (Å²) in [6.07, 6.45) is -1.26. The van der Waals surface area contributed by atoms with E-state index in [2.05, 4.69) is 30.5 Å². The number of pyridine rings is 1. The van der Waals surface area contributed by atoms with Gasteiger partial charge in [0.05, 0.1) is 31.4 Å². The number of nitrogens with one attached hydrogen (secondary N) is 2. The molecule has 1 atom stereocenters. The molecule has 0 radical (unpaired) electrons. The standard InChI is InChI=1S/C29H31F3N6O4S/c1-41-21-3-4-22(24(13-21)42-2)23-11-19(12-25(36-23)29(30,31)32)15-33-14-18-6-9-38(10-7-18)27-34-8-5-20(35-27)16-43-17-26(39)37-28(43)40/h3-5,8,11-13,16,18,33H,6-7,9-10,14-15,17H2,1-2H3,(H,37,39,40). The Kier molecular flexibility index (Phi) is 9.25. The molecule has 43 heavy (non-hydrogen) atoms. The first kappa shape index (κ1) is 30.4. The predicted molar refractivity (Wildman–Crippen MR) is 158 cm³/mol. The Bertz CT molecular complexity index is 1540. The Morgan fingerprint density at radius 1 is 1.09 bits per heavy atom. The van der Waals surface area contributed by atoms with Crippen LogP contribution in [0.4, 0.5) is 23.9 Å². The van der Waals surface area contributed by atoms with E-state index in [9.17, 15) is 22.8 Å². The van der Waals surface area contributed by atoms with Crippen molar-refractivity contribution in [2.24, 2.45) is 5.92 Å². The van der Waals surface area contributed by atoms with Gasteiger partial charge < -0.3 is 19.7 Å². The van der Waals surface area contributed by atoms with Crippen molar-refractivity contribution in [1.29, 1.82) is 0 Å². The van der Waals surface area contributed by atoms with Crippen LogP contribution in [0.15, 0.2) is 42.6 Å². The van der Waals surface area contributed by atoms with E-state index in [-0.39, 0.29) is 29.1 Å². The lowest BCUT2D eigenvalue weighted by atomic mass is 9.97. The zero-order valence-electron chi connectivity index (χ0n) is 23.6. The van der Waals surface area contributed by atoms with Crippen molar-refractivity contribution in [3.05, 3.63) is 59.5 Å². The highest BCUT2D eigenvalue weighted by molar-refractivity contribution is 8.28. The van der Waals surface area contributed by atoms with E-state index < -0.39 is 22.4 Å². The van der Waals surface area contributed by atoms with Crippen LogP contribution < -0.4 is 25.0 Å². The maximum atomic E-state index is 13.7. The highest BCUT2D eigenvalue weighted by Gasteiger charge is 2.33. The van der Waals surface area contributed by atoms with E-state index in [0.717, 1.165) is 32.0 Å². The number of aromatic nitrogens is 3. The minimum Gasteiger partial charge on any atom is -0.497 e. The van der Waals surface area contributed by atoms with Gasteiger partial charge in [-0.25, -0.2) is 15.0 Å². The highest BCUT2D eigenvalue weighted by Crippen LogP contribution is 2.36. The van der Waals surface area contributed by atoms with Gasteiger partial charge in [0, 0.05) is 37.5 Å². The summed E-state index contributed by atoms with van der Waals surface area (Å²) in [5.41, 5.74) is 0.705. The van der Waals surface area contributed by atoms with Crippen LogP contribution in [0.3, 0.4) is 0 Å². The maximum absolute atomic E-state index is 13.7. The van der Waals surface area contributed by atoms with Gasteiger partial charge in [-0.2, -0.15) is 13.2 Å². The Balaban J connectivity index is 1.20. The van der Waals surface area contributed by atoms with E-state index in [1.165, 1.54) is 14.2 Å². The molecular formula is C29H31F3N6O4S. The minimum atomic E-state index is -4.60. The molecule has 2 aliphatic heterocycles. The number of imide groups is 1. The quantitative estimate of drug-likeness (QED) is 0.340. The van der Waals surface area contributed by atoms with E-state index in [1.807, 2.05) is 0 Å². The number of alkyl halides is 3. The molecule has 2 aliphatic rings. The number of carbonyl (C=O) groups excluding carboxylic acids is 2. The highest BCUT2D eigenvalue weighted by atomic mass is 32.2. The van der Waals surface area contributed by atoms with Crippen LogP contribution in [0, 0.1) is 5.92 Å². The summed E-state index contributed by atoms with van der Waals surface area (Å²) in [7, 11) is 2.11. The molecule has 2 fully saturated rings. The molecule has 0 aliphatic carbocycles. The minimum absolute atomic E-state index is 0.143. The van der Waals surface area contributed by atoms with Gasteiger partial charge in [-0.05, 0) is 66.6 Å². The van der Waals surface area contributed by atoms with Gasteiger partial charge in [0.1, 0.15) is 17.2 Å². The SMILES string of the molecule is COc1ccc(-c2cc(CNCC3CCN(c4nccc(/C=S5\CC(=O)NC5=O)n4)CC3)cc(C(F)(F)F)n2)c(OC)c1. The number of hydrogen-bond donors (Lipinski definition) is 2. The largest absolute Gasteiger partial charge is 0.497 e. The molecule has 1 aromatic carbocycles. The van der Waals surface area contributed by atoms with Crippen LogP contribution >= 0.6 is 10.5 Å². The zero-order valence-corrected chi connectivity index (χ0v) is 24.4. The topological polar surface area (TPSA) is 119 Å². The molecule has 2 aromatic heterocycles. The molecular weight excluding hydrogens is 585 g/mol. The third kappa shape index (κ3) is 7.49. The molecule has 5 rings (SSSR count). The lowest BCUT2D eigenvalue weighted by Gasteiger charge is -2.32. The van der Waals surface area contributed by atoms with Crippen LogP contribution in [-0.2, 0) is 17.5 Å². The first-order chi connectivity index (χ1) is 20.6. The molecule has 4 heterocycles. The van der Waals surface area contributed by atoms with Gasteiger partial charge in [0.2, 0.25) is 11.9 Å². The number of hydrogen-bond acceptors (Lipinski definition) is 9. The number of nitrogens with zero attached hydrogens (tertiary/aromatic N) is 4. The van der Waals surface area contributed by atoms with Crippen molar-refractivity contribution in [2.75, 3.05) is 44.5 Å². The molecule has 228 valence electrons. The number of methoxy groups -OCH3 is 2. The van der Waals surface area contributed by atoms with Crippen molar-refractivity contribution < 1.29 is 32.2 Å². The van der Waals surface area contributed by atoms with Crippen LogP contribution in [0.5, 0.6) is 11.5 Å². The van der Waals surface area contributed by atoms with Crippen molar-refractivity contribution in [3.63, 3.8) is 0 Å². The summed E-state index contributed by atoms with van der Waals surface area (Å²) in [4.78, 5) is 38.3. The molecule has 0 bridgehead atoms. The number of carbonyl (C=O) groups is 2. The summed E-state index contributed by atoms with van der Waals surface area (Å²) in [5, 5.41) is 7.04. The lowest BCUT2D eigenvalue weighted by Crippen LogP contribution is -2.38. The molecule has 14 heteroatoms. The summed E-state index contributed by atoms with van der Waals surface area (Å²) in [6.45, 7) is 2.32. The number of piperidine rings is 1. The average Bonchev–Trinajstić information content (AvgIpc) is 3.32. The lowest BCUT2D eigenvalue weighted by molar-refractivity contribution is -0.141. The number of amides is 2. The molecule has 10 nitrogen and oxygen atoms in total. The molecule has 3 aromatic rings. The Morgan fingerprint density at radius 3 is 2.56 bits per heavy atom. The van der Waals surface area contributed by atoms with Crippen LogP contribution in [-0.4, -0.2) is 71.1 Å². The number of halogens is 3. The van der Waals surface area contributed by atoms with Gasteiger partial charge in [0.25, 0.3) is 5.24 Å². The van der Waals surface area contributed by atoms with Gasteiger partial charge in [-0.3, -0.25) is 14.9 Å². The summed E-state index contributed by atoms with van der Waals surface area (Å²) in [5.74, 6) is 1.64. The third-order valence-corrected chi connectivity index (χ3v) is 8.89. The summed E-state index contributed by atoms with van der Waals surface area (Å²) in [6, 6.07) is 9.32. The Hall–Kier alpha value is -4.04. The molecule has 2 saturated heterocycles. The summed E-state index contributed by atoms with van der Waals surface area (Å²) >= 11 is 0. The first-order valence-electron chi connectivity index (χ1n) is 13.6. The molecule has 2 amide bonds. The van der Waals surface area contributed by atoms with Gasteiger partial charge in [-0.15, -0.1) is 0 Å². The van der Waals surface area contributed by atoms with Crippen molar-refractivity contribution in [1.82, 2.24) is 25.6 Å². The van der Waals surface area contributed by atoms with Crippen LogP contribution in [0.25, 0.3) is 11.3 Å². The molecule has 0 saturated carbocycles. The fourth-order valence-corrected chi connectivity index (χ4v) is 6.33. The van der Waals surface area contributed by atoms with Crippen LogP contribution in [0.1, 0.15) is 29.8 Å². The van der Waals surface area contributed by atoms with E-state index in [0.29, 0.717) is 46.7 Å². The second-order valence-corrected chi connectivity index (χ2v) is 11.9. The Labute approximate surface area is 249 Å². The third-order valence-electron chi connectivity index (χ3n) is 7.21. The van der Waals surface area contributed by atoms with Crippen molar-refractivity contribution in [2.45, 2.75) is 25.6 Å². The average molecular weight is 617 g/mol. The monoisotopic (exact) mass is 616 g/mol. The molecule has 0 spiro atoms. The second kappa shape index (κ2) is 13.1. The predicted octanol–water partition coefficient (Wildman–Crippen LogP) is 4.25. The van der Waals surface area contributed by atoms with Crippen LogP contribution in [0.2, 0.25) is 0 Å². The smallest absolute Gasteiger partial charge is 0.433 e. The van der Waals surface area contributed by atoms with Crippen molar-refractivity contribution in [3.8, 4) is 22.8 Å². The van der Waals surface area contributed by atoms with Gasteiger partial charge in [-0.1, -0.05) is 10.5 Å². The van der Waals surface area contributed by atoms with E-state index >= 15 is 0 Å². The van der Waals surface area contributed by atoms with Crippen molar-refractivity contribution >= 4 is 32.9 Å². The molecule has 1 unspecified atom stereocenters. The van der Waals surface area contributed by atoms with Gasteiger partial charge in [0.15, 0.2) is 0 Å². The second-order valence-electron chi connectivity index (χ2n) is 10.2. The number of benzene rings is 1. The number of rotatable bonds is 9. The summed E-state index contributed by atoms with van der Waals surface area (Å²) < 4.78 is 51.8. The Morgan fingerprint density at radius 2 is 1.88 bits per heavy atom. The maximum Gasteiger partial charge on any atom is 0.433 e. The van der Waals surface area contributed by atoms with E-state index in [4.69, 9.17) is 9.47 Å². The molecule has 2 N–H and O–H groups in total. The fourth-order valence-electron chi connectivity index (χ4n) is 4.98. The first-order valence-corrected chi connectivity index (χ1v) is 15.1. The number of ether oxygens (including phenoxy) is 2. The van der Waals surface area contributed by atoms with Gasteiger partial charge >= 0.3 is 6.18 Å².